The molecule has 0 aliphatic heterocycles. The van der Waals surface area contributed by atoms with Crippen LogP contribution >= 0.6 is 0 Å². The Morgan fingerprint density at radius 2 is 2.11 bits per heavy atom. The van der Waals surface area contributed by atoms with E-state index in [1.165, 1.54) is 19.3 Å². The van der Waals surface area contributed by atoms with E-state index in [9.17, 15) is 9.90 Å². The van der Waals surface area contributed by atoms with Crippen molar-refractivity contribution in [1.82, 2.24) is 0 Å². The molecule has 3 nitrogen and oxygen atoms in total. The van der Waals surface area contributed by atoms with E-state index in [0.29, 0.717) is 17.5 Å². The van der Waals surface area contributed by atoms with Crippen LogP contribution in [0.2, 0.25) is 0 Å². The third kappa shape index (κ3) is 3.28. The van der Waals surface area contributed by atoms with Crippen LogP contribution in [0.4, 0.5) is 5.69 Å². The Bertz CT molecular complexity index is 456. The van der Waals surface area contributed by atoms with E-state index in [0.717, 1.165) is 24.1 Å². The number of aryl methyl sites for hydroxylation is 1. The molecule has 0 aromatic heterocycles. The molecule has 2 rings (SSSR count). The van der Waals surface area contributed by atoms with Gasteiger partial charge in [0, 0.05) is 11.7 Å². The number of carbonyl (C=O) groups is 1. The summed E-state index contributed by atoms with van der Waals surface area (Å²) in [6.45, 7) is 4.14. The van der Waals surface area contributed by atoms with Crippen molar-refractivity contribution in [3.05, 3.63) is 29.3 Å². The van der Waals surface area contributed by atoms with Crippen LogP contribution in [0.25, 0.3) is 0 Å². The molecular weight excluding hydrogens is 238 g/mol. The van der Waals surface area contributed by atoms with Crippen LogP contribution in [-0.2, 0) is 0 Å². The molecule has 1 aromatic rings. The van der Waals surface area contributed by atoms with Crippen molar-refractivity contribution in [1.29, 1.82) is 0 Å². The average Bonchev–Trinajstić information content (AvgIpc) is 2.41. The monoisotopic (exact) mass is 261 g/mol. The topological polar surface area (TPSA) is 49.3 Å². The van der Waals surface area contributed by atoms with E-state index < -0.39 is 5.97 Å². The number of rotatable bonds is 4. The number of benzene rings is 1. The van der Waals surface area contributed by atoms with Crippen LogP contribution in [0.15, 0.2) is 18.2 Å². The predicted molar refractivity (Wildman–Crippen MR) is 77.8 cm³/mol. The first kappa shape index (κ1) is 13.9. The van der Waals surface area contributed by atoms with Gasteiger partial charge in [0.05, 0.1) is 5.56 Å². The summed E-state index contributed by atoms with van der Waals surface area (Å²) in [5.41, 5.74) is 2.14. The van der Waals surface area contributed by atoms with Crippen molar-refractivity contribution in [2.24, 2.45) is 5.92 Å². The molecular formula is C16H23NO2. The minimum atomic E-state index is -0.852. The van der Waals surface area contributed by atoms with E-state index in [1.807, 2.05) is 19.1 Å². The lowest BCUT2D eigenvalue weighted by molar-refractivity contribution is 0.0697. The van der Waals surface area contributed by atoms with E-state index in [1.54, 1.807) is 6.07 Å². The van der Waals surface area contributed by atoms with Crippen LogP contribution in [-0.4, -0.2) is 17.1 Å². The summed E-state index contributed by atoms with van der Waals surface area (Å²) < 4.78 is 0. The summed E-state index contributed by atoms with van der Waals surface area (Å²) in [6, 6.07) is 6.03. The molecule has 1 aromatic carbocycles. The molecule has 0 heterocycles. The molecule has 2 unspecified atom stereocenters. The molecule has 2 atom stereocenters. The Hall–Kier alpha value is -1.51. The normalized spacial score (nSPS) is 23.1. The Kier molecular flexibility index (Phi) is 4.46. The molecule has 104 valence electrons. The van der Waals surface area contributed by atoms with Crippen LogP contribution in [0.3, 0.4) is 0 Å². The fraction of sp³-hybridized carbons (Fsp3) is 0.562. The van der Waals surface area contributed by atoms with E-state index in [-0.39, 0.29) is 0 Å². The lowest BCUT2D eigenvalue weighted by Crippen LogP contribution is -2.32. The standard InChI is InChI=1S/C16H23NO2/c1-3-12-6-4-5-7-14(12)17-15-9-8-11(2)10-13(15)16(18)19/h8-10,12,14,17H,3-7H2,1-2H3,(H,18,19). The highest BCUT2D eigenvalue weighted by molar-refractivity contribution is 5.94. The van der Waals surface area contributed by atoms with Gasteiger partial charge in [-0.25, -0.2) is 4.79 Å². The van der Waals surface area contributed by atoms with Crippen molar-refractivity contribution in [2.75, 3.05) is 5.32 Å². The second-order valence-electron chi connectivity index (χ2n) is 5.56. The van der Waals surface area contributed by atoms with Gasteiger partial charge in [0.25, 0.3) is 0 Å². The third-order valence-electron chi connectivity index (χ3n) is 4.18. The molecule has 2 N–H and O–H groups in total. The van der Waals surface area contributed by atoms with Gasteiger partial charge >= 0.3 is 5.97 Å². The zero-order valence-electron chi connectivity index (χ0n) is 11.8. The quantitative estimate of drug-likeness (QED) is 0.858. The highest BCUT2D eigenvalue weighted by Gasteiger charge is 2.24. The highest BCUT2D eigenvalue weighted by atomic mass is 16.4. The zero-order valence-corrected chi connectivity index (χ0v) is 11.8. The van der Waals surface area contributed by atoms with Crippen molar-refractivity contribution >= 4 is 11.7 Å². The van der Waals surface area contributed by atoms with Crippen LogP contribution in [0.1, 0.15) is 54.9 Å². The first-order valence-electron chi connectivity index (χ1n) is 7.22. The lowest BCUT2D eigenvalue weighted by atomic mass is 9.82. The summed E-state index contributed by atoms with van der Waals surface area (Å²) in [6.07, 6.45) is 6.10. The minimum absolute atomic E-state index is 0.389. The van der Waals surface area contributed by atoms with Crippen LogP contribution in [0.5, 0.6) is 0 Å². The largest absolute Gasteiger partial charge is 0.478 e. The second kappa shape index (κ2) is 6.09. The molecule has 19 heavy (non-hydrogen) atoms. The number of hydrogen-bond donors (Lipinski definition) is 2. The second-order valence-corrected chi connectivity index (χ2v) is 5.56. The van der Waals surface area contributed by atoms with E-state index in [2.05, 4.69) is 12.2 Å². The Labute approximate surface area is 115 Å². The summed E-state index contributed by atoms with van der Waals surface area (Å²) in [4.78, 5) is 11.3. The van der Waals surface area contributed by atoms with Gasteiger partial charge in [-0.05, 0) is 37.8 Å². The maximum Gasteiger partial charge on any atom is 0.337 e. The predicted octanol–water partition coefficient (Wildman–Crippen LogP) is 4.07. The van der Waals surface area contributed by atoms with Crippen molar-refractivity contribution in [3.8, 4) is 0 Å². The third-order valence-corrected chi connectivity index (χ3v) is 4.18. The lowest BCUT2D eigenvalue weighted by Gasteiger charge is -2.32. The molecule has 1 aliphatic rings. The molecule has 1 fully saturated rings. The maximum atomic E-state index is 11.3. The van der Waals surface area contributed by atoms with Gasteiger partial charge in [0.1, 0.15) is 0 Å². The van der Waals surface area contributed by atoms with Gasteiger partial charge in [-0.3, -0.25) is 0 Å². The van der Waals surface area contributed by atoms with Crippen molar-refractivity contribution < 1.29 is 9.90 Å². The number of hydrogen-bond acceptors (Lipinski definition) is 2. The van der Waals surface area contributed by atoms with Gasteiger partial charge in [0.15, 0.2) is 0 Å². The molecule has 1 saturated carbocycles. The van der Waals surface area contributed by atoms with Gasteiger partial charge in [0.2, 0.25) is 0 Å². The van der Waals surface area contributed by atoms with Gasteiger partial charge < -0.3 is 10.4 Å². The first-order chi connectivity index (χ1) is 9.11. The van der Waals surface area contributed by atoms with E-state index in [4.69, 9.17) is 0 Å². The Balaban J connectivity index is 2.20. The zero-order chi connectivity index (χ0) is 13.8. The molecule has 0 spiro atoms. The molecule has 3 heteroatoms. The van der Waals surface area contributed by atoms with E-state index >= 15 is 0 Å². The smallest absolute Gasteiger partial charge is 0.337 e. The van der Waals surface area contributed by atoms with Crippen LogP contribution < -0.4 is 5.32 Å². The Morgan fingerprint density at radius 1 is 1.37 bits per heavy atom. The summed E-state index contributed by atoms with van der Waals surface area (Å²) in [7, 11) is 0. The number of aromatic carboxylic acids is 1. The number of carboxylic acids is 1. The van der Waals surface area contributed by atoms with Crippen LogP contribution in [0, 0.1) is 12.8 Å². The summed E-state index contributed by atoms with van der Waals surface area (Å²) in [5, 5.41) is 12.8. The minimum Gasteiger partial charge on any atom is -0.478 e. The SMILES string of the molecule is CCC1CCCCC1Nc1ccc(C)cc1C(=O)O. The van der Waals surface area contributed by atoms with Gasteiger partial charge in [-0.2, -0.15) is 0 Å². The van der Waals surface area contributed by atoms with Gasteiger partial charge in [-0.15, -0.1) is 0 Å². The number of carboxylic acid groups (broad SMARTS) is 1. The number of anilines is 1. The Morgan fingerprint density at radius 3 is 2.79 bits per heavy atom. The summed E-state index contributed by atoms with van der Waals surface area (Å²) in [5.74, 6) is -0.188. The van der Waals surface area contributed by atoms with Crippen molar-refractivity contribution in [2.45, 2.75) is 52.0 Å². The fourth-order valence-corrected chi connectivity index (χ4v) is 3.05. The molecule has 0 radical (unpaired) electrons. The number of nitrogens with one attached hydrogen (secondary N) is 1. The fourth-order valence-electron chi connectivity index (χ4n) is 3.05. The maximum absolute atomic E-state index is 11.3. The molecule has 0 bridgehead atoms. The summed E-state index contributed by atoms with van der Waals surface area (Å²) >= 11 is 0. The molecule has 1 aliphatic carbocycles. The molecule has 0 amide bonds. The average molecular weight is 261 g/mol. The van der Waals surface area contributed by atoms with Gasteiger partial charge in [-0.1, -0.05) is 37.8 Å². The van der Waals surface area contributed by atoms with Crippen molar-refractivity contribution in [3.63, 3.8) is 0 Å². The first-order valence-corrected chi connectivity index (χ1v) is 7.22. The highest BCUT2D eigenvalue weighted by Crippen LogP contribution is 2.30. The molecule has 0 saturated heterocycles.